The quantitative estimate of drug-likeness (QED) is 0.670. The number of amides is 1. The first-order chi connectivity index (χ1) is 8.16. The third-order valence-corrected chi connectivity index (χ3v) is 2.99. The number of nitrogens with zero attached hydrogens (tertiary/aromatic N) is 1. The van der Waals surface area contributed by atoms with Gasteiger partial charge in [-0.1, -0.05) is 6.07 Å². The average molecular weight is 248 g/mol. The number of aryl methyl sites for hydroxylation is 2. The highest BCUT2D eigenvalue weighted by Crippen LogP contribution is 2.13. The Balaban J connectivity index is 2.00. The normalized spacial score (nSPS) is 10.9. The lowest BCUT2D eigenvalue weighted by molar-refractivity contribution is 0.0953. The van der Waals surface area contributed by atoms with Crippen LogP contribution in [0.5, 0.6) is 0 Å². The van der Waals surface area contributed by atoms with E-state index in [9.17, 15) is 4.79 Å². The summed E-state index contributed by atoms with van der Waals surface area (Å²) in [5.41, 5.74) is 2.99. The fourth-order valence-electron chi connectivity index (χ4n) is 1.44. The number of nitrogens with one attached hydrogen (secondary N) is 1. The van der Waals surface area contributed by atoms with E-state index >= 15 is 0 Å². The predicted octanol–water partition coefficient (Wildman–Crippen LogP) is 2.72. The minimum absolute atomic E-state index is 0.257. The number of hydrogen-bond donors (Lipinski definition) is 1. The van der Waals surface area contributed by atoms with Crippen LogP contribution < -0.4 is 5.43 Å². The van der Waals surface area contributed by atoms with Crippen LogP contribution in [0.25, 0.3) is 0 Å². The van der Waals surface area contributed by atoms with Gasteiger partial charge in [0.2, 0.25) is 0 Å². The number of hydrogen-bond acceptors (Lipinski definition) is 4. The van der Waals surface area contributed by atoms with Crippen molar-refractivity contribution in [2.75, 3.05) is 0 Å². The Bertz CT molecular complexity index is 541. The van der Waals surface area contributed by atoms with Crippen molar-refractivity contribution in [2.45, 2.75) is 13.8 Å². The van der Waals surface area contributed by atoms with Crippen molar-refractivity contribution >= 4 is 23.5 Å². The van der Waals surface area contributed by atoms with Crippen molar-refractivity contribution in [1.82, 2.24) is 5.43 Å². The molecule has 1 amide bonds. The maximum absolute atomic E-state index is 11.7. The first-order valence-electron chi connectivity index (χ1n) is 5.11. The Labute approximate surface area is 103 Å². The van der Waals surface area contributed by atoms with Crippen LogP contribution in [0.4, 0.5) is 0 Å². The van der Waals surface area contributed by atoms with E-state index in [-0.39, 0.29) is 5.91 Å². The zero-order chi connectivity index (χ0) is 12.3. The van der Waals surface area contributed by atoms with E-state index in [0.29, 0.717) is 11.3 Å². The van der Waals surface area contributed by atoms with Crippen molar-refractivity contribution in [3.63, 3.8) is 0 Å². The van der Waals surface area contributed by atoms with Crippen molar-refractivity contribution < 1.29 is 9.21 Å². The molecule has 1 N–H and O–H groups in total. The van der Waals surface area contributed by atoms with Crippen molar-refractivity contribution in [3.05, 3.63) is 45.5 Å². The fourth-order valence-corrected chi connectivity index (χ4v) is 2.02. The number of carbonyl (C=O) groups excluding carboxylic acids is 1. The summed E-state index contributed by atoms with van der Waals surface area (Å²) < 4.78 is 5.28. The minimum Gasteiger partial charge on any atom is -0.466 e. The Morgan fingerprint density at radius 2 is 2.35 bits per heavy atom. The smallest absolute Gasteiger partial charge is 0.274 e. The Morgan fingerprint density at radius 3 is 2.94 bits per heavy atom. The lowest BCUT2D eigenvalue weighted by Gasteiger charge is -1.96. The molecule has 0 bridgehead atoms. The minimum atomic E-state index is -0.257. The van der Waals surface area contributed by atoms with Crippen molar-refractivity contribution in [1.29, 1.82) is 0 Å². The highest BCUT2D eigenvalue weighted by Gasteiger charge is 2.12. The number of carbonyl (C=O) groups is 1. The largest absolute Gasteiger partial charge is 0.466 e. The van der Waals surface area contributed by atoms with Gasteiger partial charge in [0, 0.05) is 4.88 Å². The Morgan fingerprint density at radius 1 is 1.53 bits per heavy atom. The summed E-state index contributed by atoms with van der Waals surface area (Å²) in [5.74, 6) is 1.06. The van der Waals surface area contributed by atoms with Crippen LogP contribution in [-0.4, -0.2) is 12.1 Å². The average Bonchev–Trinajstić information content (AvgIpc) is 2.88. The molecule has 0 fully saturated rings. The Kier molecular flexibility index (Phi) is 3.39. The third kappa shape index (κ3) is 2.82. The zero-order valence-electron chi connectivity index (χ0n) is 9.56. The van der Waals surface area contributed by atoms with Crippen molar-refractivity contribution in [2.24, 2.45) is 5.10 Å². The number of hydrazone groups is 1. The second-order valence-electron chi connectivity index (χ2n) is 3.54. The molecule has 0 aromatic carbocycles. The van der Waals surface area contributed by atoms with Gasteiger partial charge in [0.15, 0.2) is 0 Å². The molecule has 5 heteroatoms. The topological polar surface area (TPSA) is 54.6 Å². The summed E-state index contributed by atoms with van der Waals surface area (Å²) >= 11 is 1.56. The summed E-state index contributed by atoms with van der Waals surface area (Å²) in [6.07, 6.45) is 1.62. The molecule has 2 aromatic heterocycles. The van der Waals surface area contributed by atoms with E-state index in [0.717, 1.165) is 10.6 Å². The van der Waals surface area contributed by atoms with Crippen LogP contribution in [0, 0.1) is 13.8 Å². The van der Waals surface area contributed by atoms with Crippen molar-refractivity contribution in [3.8, 4) is 0 Å². The molecule has 0 radical (unpaired) electrons. The number of thiophene rings is 1. The van der Waals surface area contributed by atoms with Crippen LogP contribution in [0.3, 0.4) is 0 Å². The van der Waals surface area contributed by atoms with E-state index in [1.807, 2.05) is 17.5 Å². The molecule has 0 aliphatic heterocycles. The maximum atomic E-state index is 11.7. The highest BCUT2D eigenvalue weighted by atomic mass is 32.1. The summed E-state index contributed by atoms with van der Waals surface area (Å²) in [4.78, 5) is 12.7. The second-order valence-corrected chi connectivity index (χ2v) is 4.52. The van der Waals surface area contributed by atoms with Gasteiger partial charge in [-0.25, -0.2) is 5.43 Å². The van der Waals surface area contributed by atoms with Gasteiger partial charge in [-0.2, -0.15) is 5.10 Å². The van der Waals surface area contributed by atoms with Crippen LogP contribution >= 0.6 is 11.3 Å². The third-order valence-electron chi connectivity index (χ3n) is 2.19. The van der Waals surface area contributed by atoms with Gasteiger partial charge in [-0.3, -0.25) is 4.79 Å². The zero-order valence-corrected chi connectivity index (χ0v) is 10.4. The SMILES string of the molecule is Cc1cc(C(=O)N/N=C\c2cccs2)c(C)o1. The van der Waals surface area contributed by atoms with Crippen LogP contribution in [0.15, 0.2) is 33.1 Å². The molecule has 88 valence electrons. The van der Waals surface area contributed by atoms with Gasteiger partial charge in [-0.15, -0.1) is 11.3 Å². The van der Waals surface area contributed by atoms with E-state index in [1.165, 1.54) is 0 Å². The van der Waals surface area contributed by atoms with Gasteiger partial charge in [0.05, 0.1) is 11.8 Å². The molecule has 0 saturated carbocycles. The van der Waals surface area contributed by atoms with Gasteiger partial charge in [0.25, 0.3) is 5.91 Å². The lowest BCUT2D eigenvalue weighted by atomic mass is 10.2. The van der Waals surface area contributed by atoms with Crippen LogP contribution in [-0.2, 0) is 0 Å². The maximum Gasteiger partial charge on any atom is 0.274 e. The lowest BCUT2D eigenvalue weighted by Crippen LogP contribution is -2.17. The van der Waals surface area contributed by atoms with Gasteiger partial charge < -0.3 is 4.42 Å². The predicted molar refractivity (Wildman–Crippen MR) is 67.6 cm³/mol. The first-order valence-corrected chi connectivity index (χ1v) is 5.99. The first kappa shape index (κ1) is 11.6. The van der Waals surface area contributed by atoms with Gasteiger partial charge >= 0.3 is 0 Å². The molecule has 4 nitrogen and oxygen atoms in total. The van der Waals surface area contributed by atoms with Crippen LogP contribution in [0.1, 0.15) is 26.8 Å². The van der Waals surface area contributed by atoms with E-state index in [4.69, 9.17) is 4.42 Å². The molecule has 0 unspecified atom stereocenters. The molecular weight excluding hydrogens is 236 g/mol. The number of furan rings is 1. The van der Waals surface area contributed by atoms with E-state index < -0.39 is 0 Å². The molecule has 0 atom stereocenters. The fraction of sp³-hybridized carbons (Fsp3) is 0.167. The van der Waals surface area contributed by atoms with Gasteiger partial charge in [0.1, 0.15) is 11.5 Å². The summed E-state index contributed by atoms with van der Waals surface area (Å²) in [7, 11) is 0. The summed E-state index contributed by atoms with van der Waals surface area (Å²) in [6.45, 7) is 3.56. The monoisotopic (exact) mass is 248 g/mol. The standard InChI is InChI=1S/C12H12N2O2S/c1-8-6-11(9(2)16-8)12(15)14-13-7-10-4-3-5-17-10/h3-7H,1-2H3,(H,14,15)/b13-7-. The Hall–Kier alpha value is -1.88. The molecule has 0 saturated heterocycles. The summed E-state index contributed by atoms with van der Waals surface area (Å²) in [6, 6.07) is 5.55. The summed E-state index contributed by atoms with van der Waals surface area (Å²) in [5, 5.41) is 5.84. The van der Waals surface area contributed by atoms with Gasteiger partial charge in [-0.05, 0) is 31.4 Å². The highest BCUT2D eigenvalue weighted by molar-refractivity contribution is 7.11. The molecular formula is C12H12N2O2S. The molecule has 0 aliphatic carbocycles. The van der Waals surface area contributed by atoms with Crippen LogP contribution in [0.2, 0.25) is 0 Å². The molecule has 17 heavy (non-hydrogen) atoms. The molecule has 2 aromatic rings. The molecule has 2 rings (SSSR count). The number of rotatable bonds is 3. The molecule has 2 heterocycles. The van der Waals surface area contributed by atoms with E-state index in [2.05, 4.69) is 10.5 Å². The molecule has 0 spiro atoms. The second kappa shape index (κ2) is 4.97. The van der Waals surface area contributed by atoms with E-state index in [1.54, 1.807) is 37.5 Å². The molecule has 0 aliphatic rings.